The minimum absolute atomic E-state index is 0.221. The number of carbonyl (C=O) groups is 1. The Morgan fingerprint density at radius 1 is 1.26 bits per heavy atom. The highest BCUT2D eigenvalue weighted by molar-refractivity contribution is 8.09. The highest BCUT2D eigenvalue weighted by Gasteiger charge is 2.61. The number of carbonyl (C=O) groups excluding carboxylic acids is 1. The Morgan fingerprint density at radius 3 is 2.60 bits per heavy atom. The van der Waals surface area contributed by atoms with E-state index in [1.807, 2.05) is 18.2 Å². The molecule has 0 spiro atoms. The van der Waals surface area contributed by atoms with Crippen molar-refractivity contribution in [1.82, 2.24) is 14.6 Å². The summed E-state index contributed by atoms with van der Waals surface area (Å²) in [6.45, 7) is -0.356. The number of esters is 1. The summed E-state index contributed by atoms with van der Waals surface area (Å²) >= 11 is 11.6. The predicted molar refractivity (Wildman–Crippen MR) is 157 cm³/mol. The standard InChI is InChI=1S/C26H30ClF2N4O8PS/c1-13(2)39-23(36)14(3)32-42(43,41-18-10-6-8-15-7-4-5-9-16(15)18)38-12-26(24(28)29)20(35)19(34)22(40-26)33-11-17(27)21(30)31-25(33)37/h4-11,13-14,19-20,22,24,34-35H,12H2,1-3H3,(H,32,43)(H2,30,31,37). The molecule has 5 N–H and O–H groups in total. The molecule has 2 aromatic carbocycles. The van der Waals surface area contributed by atoms with Gasteiger partial charge in [0.15, 0.2) is 11.8 Å². The number of hydrogen-bond acceptors (Lipinski definition) is 11. The van der Waals surface area contributed by atoms with E-state index in [2.05, 4.69) is 10.1 Å². The van der Waals surface area contributed by atoms with Gasteiger partial charge >= 0.3 is 18.3 Å². The molecule has 1 saturated heterocycles. The van der Waals surface area contributed by atoms with Gasteiger partial charge in [-0.1, -0.05) is 48.0 Å². The maximum absolute atomic E-state index is 14.7. The molecule has 17 heteroatoms. The number of nitrogens with zero attached hydrogens (tertiary/aromatic N) is 2. The number of aromatic nitrogens is 2. The van der Waals surface area contributed by atoms with Crippen LogP contribution in [0.25, 0.3) is 10.8 Å². The lowest BCUT2D eigenvalue weighted by Crippen LogP contribution is -2.53. The first-order valence-electron chi connectivity index (χ1n) is 12.9. The molecule has 0 bridgehead atoms. The van der Waals surface area contributed by atoms with Crippen LogP contribution in [-0.2, 0) is 30.6 Å². The quantitative estimate of drug-likeness (QED) is 0.175. The van der Waals surface area contributed by atoms with E-state index in [1.54, 1.807) is 38.1 Å². The highest BCUT2D eigenvalue weighted by Crippen LogP contribution is 2.50. The Hall–Kier alpha value is -2.75. The molecule has 12 nitrogen and oxygen atoms in total. The van der Waals surface area contributed by atoms with Crippen LogP contribution in [0.4, 0.5) is 14.6 Å². The van der Waals surface area contributed by atoms with Crippen LogP contribution < -0.4 is 21.0 Å². The molecule has 6 unspecified atom stereocenters. The number of alkyl halides is 2. The lowest BCUT2D eigenvalue weighted by atomic mass is 9.96. The fraction of sp³-hybridized carbons (Fsp3) is 0.423. The van der Waals surface area contributed by atoms with E-state index in [0.717, 1.165) is 11.6 Å². The molecule has 0 saturated carbocycles. The van der Waals surface area contributed by atoms with Crippen LogP contribution in [0.3, 0.4) is 0 Å². The van der Waals surface area contributed by atoms with Crippen molar-refractivity contribution in [2.24, 2.45) is 0 Å². The molecule has 1 aromatic heterocycles. The van der Waals surface area contributed by atoms with Crippen molar-refractivity contribution in [2.75, 3.05) is 12.3 Å². The third-order valence-electron chi connectivity index (χ3n) is 6.52. The third-order valence-corrected chi connectivity index (χ3v) is 9.28. The van der Waals surface area contributed by atoms with E-state index in [4.69, 9.17) is 47.7 Å². The first-order valence-corrected chi connectivity index (χ1v) is 16.0. The second kappa shape index (κ2) is 13.1. The van der Waals surface area contributed by atoms with Gasteiger partial charge < -0.3 is 34.5 Å². The molecule has 0 amide bonds. The van der Waals surface area contributed by atoms with E-state index in [9.17, 15) is 28.6 Å². The van der Waals surface area contributed by atoms with Crippen molar-refractivity contribution < 1.29 is 42.3 Å². The van der Waals surface area contributed by atoms with E-state index >= 15 is 0 Å². The third kappa shape index (κ3) is 6.99. The summed E-state index contributed by atoms with van der Waals surface area (Å²) in [6.07, 6.45) is -9.19. The van der Waals surface area contributed by atoms with Crippen LogP contribution in [0, 0.1) is 0 Å². The zero-order chi connectivity index (χ0) is 31.7. The van der Waals surface area contributed by atoms with E-state index < -0.39 is 67.5 Å². The highest BCUT2D eigenvalue weighted by atomic mass is 35.5. The second-order valence-corrected chi connectivity index (χ2v) is 13.6. The summed E-state index contributed by atoms with van der Waals surface area (Å²) in [5, 5.41) is 25.5. The maximum atomic E-state index is 14.7. The summed E-state index contributed by atoms with van der Waals surface area (Å²) in [7, 11) is 0. The van der Waals surface area contributed by atoms with Crippen molar-refractivity contribution in [1.29, 1.82) is 0 Å². The van der Waals surface area contributed by atoms with E-state index in [-0.39, 0.29) is 16.6 Å². The van der Waals surface area contributed by atoms with Crippen LogP contribution in [0.2, 0.25) is 5.02 Å². The number of ether oxygens (including phenoxy) is 2. The molecule has 3 aromatic rings. The van der Waals surface area contributed by atoms with Gasteiger partial charge in [0, 0.05) is 11.6 Å². The normalized spacial score (nSPS) is 24.3. The number of benzene rings is 2. The molecule has 0 aliphatic carbocycles. The molecule has 4 rings (SSSR count). The van der Waals surface area contributed by atoms with Crippen molar-refractivity contribution in [3.63, 3.8) is 0 Å². The molecule has 6 atom stereocenters. The van der Waals surface area contributed by atoms with Gasteiger partial charge in [0.25, 0.3) is 6.43 Å². The van der Waals surface area contributed by atoms with Gasteiger partial charge in [-0.25, -0.2) is 18.7 Å². The largest absolute Gasteiger partial charge is 0.462 e. The molecule has 1 aliphatic heterocycles. The van der Waals surface area contributed by atoms with E-state index in [1.165, 1.54) is 6.92 Å². The SMILES string of the molecule is CC(C)OC(=O)C(C)NP(=S)(OCC1(C(F)F)OC(n2cc(Cl)c(N)nc2=O)C(O)C1O)Oc1cccc2ccccc12. The minimum Gasteiger partial charge on any atom is -0.462 e. The lowest BCUT2D eigenvalue weighted by Gasteiger charge is -2.34. The lowest BCUT2D eigenvalue weighted by molar-refractivity contribution is -0.192. The number of nitrogen functional groups attached to an aromatic ring is 1. The Kier molecular flexibility index (Phi) is 10.1. The van der Waals surface area contributed by atoms with Crippen molar-refractivity contribution >= 4 is 52.6 Å². The predicted octanol–water partition coefficient (Wildman–Crippen LogP) is 3.14. The van der Waals surface area contributed by atoms with Gasteiger partial charge in [-0.05, 0) is 44.0 Å². The molecule has 43 heavy (non-hydrogen) atoms. The zero-order valence-electron chi connectivity index (χ0n) is 23.1. The average Bonchev–Trinajstić information content (AvgIpc) is 3.20. The summed E-state index contributed by atoms with van der Waals surface area (Å²) in [6, 6.07) is 11.1. The Morgan fingerprint density at radius 2 is 1.93 bits per heavy atom. The first kappa shape index (κ1) is 33.1. The van der Waals surface area contributed by atoms with E-state index in [0.29, 0.717) is 9.95 Å². The fourth-order valence-corrected chi connectivity index (χ4v) is 6.91. The van der Waals surface area contributed by atoms with Gasteiger partial charge in [0.05, 0.1) is 17.7 Å². The summed E-state index contributed by atoms with van der Waals surface area (Å²) in [4.78, 5) is 28.5. The summed E-state index contributed by atoms with van der Waals surface area (Å²) in [5.74, 6) is -0.816. The van der Waals surface area contributed by atoms with Gasteiger partial charge in [0.2, 0.25) is 0 Å². The molecule has 2 heterocycles. The van der Waals surface area contributed by atoms with Crippen LogP contribution in [-0.4, -0.2) is 68.7 Å². The van der Waals surface area contributed by atoms with Gasteiger partial charge in [0.1, 0.15) is 29.8 Å². The Labute approximate surface area is 254 Å². The smallest absolute Gasteiger partial charge is 0.351 e. The second-order valence-electron chi connectivity index (χ2n) is 10.0. The zero-order valence-corrected chi connectivity index (χ0v) is 25.6. The van der Waals surface area contributed by atoms with Gasteiger partial charge in [-0.3, -0.25) is 9.36 Å². The van der Waals surface area contributed by atoms with Crippen molar-refractivity contribution in [3.8, 4) is 5.75 Å². The van der Waals surface area contributed by atoms with Gasteiger partial charge in [-0.2, -0.15) is 4.98 Å². The minimum atomic E-state index is -3.94. The molecule has 1 fully saturated rings. The fourth-order valence-electron chi connectivity index (χ4n) is 4.34. The first-order chi connectivity index (χ1) is 20.2. The number of halogens is 3. The number of hydrogen-bond donors (Lipinski definition) is 4. The number of aliphatic hydroxyl groups excluding tert-OH is 2. The van der Waals surface area contributed by atoms with Crippen molar-refractivity contribution in [2.45, 2.75) is 63.4 Å². The van der Waals surface area contributed by atoms with Crippen LogP contribution >= 0.6 is 18.2 Å². The number of anilines is 1. The molecule has 0 radical (unpaired) electrons. The summed E-state index contributed by atoms with van der Waals surface area (Å²) in [5.41, 5.74) is 1.54. The Balaban J connectivity index is 1.69. The monoisotopic (exact) mass is 662 g/mol. The van der Waals surface area contributed by atoms with Gasteiger partial charge in [-0.15, -0.1) is 0 Å². The summed E-state index contributed by atoms with van der Waals surface area (Å²) < 4.78 is 52.6. The number of rotatable bonds is 11. The molecule has 234 valence electrons. The van der Waals surface area contributed by atoms with Crippen molar-refractivity contribution in [3.05, 3.63) is 64.2 Å². The molecular weight excluding hydrogens is 633 g/mol. The van der Waals surface area contributed by atoms with Crippen LogP contribution in [0.5, 0.6) is 5.75 Å². The van der Waals surface area contributed by atoms with Crippen LogP contribution in [0.15, 0.2) is 53.5 Å². The number of aliphatic hydroxyl groups is 2. The topological polar surface area (TPSA) is 167 Å². The average molecular weight is 663 g/mol. The molecular formula is C26H30ClF2N4O8PS. The molecule has 1 aliphatic rings. The number of nitrogens with one attached hydrogen (secondary N) is 1. The number of nitrogens with two attached hydrogens (primary N) is 1. The van der Waals surface area contributed by atoms with Crippen LogP contribution in [0.1, 0.15) is 27.0 Å². The Bertz CT molecular complexity index is 1590. The number of fused-ring (bicyclic) bond motifs is 1. The maximum Gasteiger partial charge on any atom is 0.351 e.